The Balaban J connectivity index is 2.27. The van der Waals surface area contributed by atoms with Crippen LogP contribution in [0.3, 0.4) is 0 Å². The summed E-state index contributed by atoms with van der Waals surface area (Å²) < 4.78 is 23.2. The molecule has 0 aliphatic carbocycles. The largest absolute Gasteiger partial charge is 0.444 e. The number of ether oxygens (including phenoxy) is 4. The molecule has 0 bridgehead atoms. The van der Waals surface area contributed by atoms with Crippen LogP contribution < -0.4 is 5.32 Å². The zero-order valence-electron chi connectivity index (χ0n) is 19.1. The maximum atomic E-state index is 13.1. The molecule has 0 radical (unpaired) electrons. The summed E-state index contributed by atoms with van der Waals surface area (Å²) in [5.41, 5.74) is 0.252. The Hall–Kier alpha value is -1.96. The van der Waals surface area contributed by atoms with Crippen molar-refractivity contribution < 1.29 is 28.5 Å². The van der Waals surface area contributed by atoms with E-state index in [1.165, 1.54) is 0 Å². The van der Waals surface area contributed by atoms with Crippen molar-refractivity contribution >= 4 is 11.9 Å². The van der Waals surface area contributed by atoms with Crippen molar-refractivity contribution in [2.45, 2.75) is 84.7 Å². The summed E-state index contributed by atoms with van der Waals surface area (Å²) in [5.74, 6) is -1.23. The number of alkyl carbamates (subject to hydrolysis) is 1. The van der Waals surface area contributed by atoms with Gasteiger partial charge in [0.1, 0.15) is 17.8 Å². The molecule has 7 nitrogen and oxygen atoms in total. The van der Waals surface area contributed by atoms with E-state index in [2.05, 4.69) is 5.32 Å². The monoisotopic (exact) mass is 421 g/mol. The molecule has 0 saturated carbocycles. The Morgan fingerprint density at radius 2 is 1.83 bits per heavy atom. The van der Waals surface area contributed by atoms with Gasteiger partial charge in [0, 0.05) is 5.92 Å². The average Bonchev–Trinajstić information content (AvgIpc) is 2.99. The number of hydrogen-bond donors (Lipinski definition) is 1. The van der Waals surface area contributed by atoms with Gasteiger partial charge in [-0.1, -0.05) is 44.2 Å². The Labute approximate surface area is 179 Å². The van der Waals surface area contributed by atoms with E-state index in [1.54, 1.807) is 34.6 Å². The molecule has 3 atom stereocenters. The first-order valence-electron chi connectivity index (χ1n) is 10.4. The van der Waals surface area contributed by atoms with E-state index in [1.807, 2.05) is 44.2 Å². The van der Waals surface area contributed by atoms with Crippen LogP contribution in [0.4, 0.5) is 4.79 Å². The lowest BCUT2D eigenvalue weighted by atomic mass is 9.94. The van der Waals surface area contributed by atoms with Crippen LogP contribution in [0.5, 0.6) is 0 Å². The highest BCUT2D eigenvalue weighted by Gasteiger charge is 2.45. The van der Waals surface area contributed by atoms with Crippen molar-refractivity contribution in [1.29, 1.82) is 0 Å². The quantitative estimate of drug-likeness (QED) is 0.687. The van der Waals surface area contributed by atoms with Gasteiger partial charge < -0.3 is 24.3 Å². The lowest BCUT2D eigenvalue weighted by Crippen LogP contribution is -2.57. The van der Waals surface area contributed by atoms with Crippen LogP contribution in [0.1, 0.15) is 54.0 Å². The van der Waals surface area contributed by atoms with E-state index in [9.17, 15) is 9.59 Å². The van der Waals surface area contributed by atoms with E-state index < -0.39 is 35.7 Å². The molecule has 1 aromatic rings. The molecule has 30 heavy (non-hydrogen) atoms. The van der Waals surface area contributed by atoms with E-state index >= 15 is 0 Å². The average molecular weight is 422 g/mol. The van der Waals surface area contributed by atoms with E-state index in [4.69, 9.17) is 18.9 Å². The fourth-order valence-electron chi connectivity index (χ4n) is 3.15. The highest BCUT2D eigenvalue weighted by molar-refractivity contribution is 5.86. The molecule has 3 unspecified atom stereocenters. The fourth-order valence-corrected chi connectivity index (χ4v) is 3.15. The molecule has 1 heterocycles. The van der Waals surface area contributed by atoms with Gasteiger partial charge in [-0.15, -0.1) is 0 Å². The molecule has 168 valence electrons. The minimum atomic E-state index is -0.916. The second-order valence-corrected chi connectivity index (χ2v) is 9.31. The lowest BCUT2D eigenvalue weighted by molar-refractivity contribution is -0.155. The van der Waals surface area contributed by atoms with E-state index in [-0.39, 0.29) is 24.9 Å². The maximum absolute atomic E-state index is 13.1. The third-order valence-electron chi connectivity index (χ3n) is 4.56. The van der Waals surface area contributed by atoms with Crippen LogP contribution in [0.2, 0.25) is 0 Å². The van der Waals surface area contributed by atoms with Crippen molar-refractivity contribution in [2.24, 2.45) is 5.92 Å². The molecule has 1 amide bonds. The van der Waals surface area contributed by atoms with Crippen LogP contribution in [0.15, 0.2) is 30.3 Å². The highest BCUT2D eigenvalue weighted by atomic mass is 16.7. The zero-order valence-corrected chi connectivity index (χ0v) is 19.1. The van der Waals surface area contributed by atoms with Gasteiger partial charge in [0.15, 0.2) is 11.6 Å². The second-order valence-electron chi connectivity index (χ2n) is 9.31. The SMILES string of the molecule is CC(C)C(=O)C(OCc1ccccc1)C(NC(=O)OC(C)(C)C)C1COC(C)(C)O1. The summed E-state index contributed by atoms with van der Waals surface area (Å²) in [6.07, 6.45) is -2.11. The Kier molecular flexibility index (Phi) is 8.02. The zero-order chi connectivity index (χ0) is 22.5. The van der Waals surface area contributed by atoms with Gasteiger partial charge in [0.25, 0.3) is 0 Å². The predicted octanol–water partition coefficient (Wildman–Crippen LogP) is 3.84. The number of carbonyl (C=O) groups excluding carboxylic acids is 2. The number of carbonyl (C=O) groups is 2. The Morgan fingerprint density at radius 1 is 1.20 bits per heavy atom. The number of Topliss-reactive ketones (excluding diaryl/α,β-unsaturated/α-hetero) is 1. The molecule has 1 aliphatic rings. The van der Waals surface area contributed by atoms with Gasteiger partial charge >= 0.3 is 6.09 Å². The van der Waals surface area contributed by atoms with Crippen molar-refractivity contribution in [3.63, 3.8) is 0 Å². The van der Waals surface area contributed by atoms with E-state index in [0.29, 0.717) is 0 Å². The van der Waals surface area contributed by atoms with Crippen molar-refractivity contribution in [1.82, 2.24) is 5.32 Å². The van der Waals surface area contributed by atoms with Gasteiger partial charge in [-0.25, -0.2) is 4.79 Å². The van der Waals surface area contributed by atoms with Crippen LogP contribution in [-0.4, -0.2) is 48.1 Å². The first-order chi connectivity index (χ1) is 13.9. The molecule has 0 spiro atoms. The Morgan fingerprint density at radius 3 is 2.33 bits per heavy atom. The van der Waals surface area contributed by atoms with Gasteiger partial charge in [-0.05, 0) is 40.2 Å². The first kappa shape index (κ1) is 24.3. The molecular weight excluding hydrogens is 386 g/mol. The van der Waals surface area contributed by atoms with Crippen LogP contribution in [-0.2, 0) is 30.3 Å². The summed E-state index contributed by atoms with van der Waals surface area (Å²) in [5, 5.41) is 2.81. The van der Waals surface area contributed by atoms with Crippen molar-refractivity contribution in [3.8, 4) is 0 Å². The standard InChI is InChI=1S/C23H35NO6/c1-15(2)19(25)20(27-13-16-11-9-8-10-12-16)18(17-14-28-23(6,7)29-17)24-21(26)30-22(3,4)5/h8-12,15,17-18,20H,13-14H2,1-7H3,(H,24,26). The predicted molar refractivity (Wildman–Crippen MR) is 113 cm³/mol. The lowest BCUT2D eigenvalue weighted by Gasteiger charge is -2.33. The number of amides is 1. The summed E-state index contributed by atoms with van der Waals surface area (Å²) in [6, 6.07) is 8.81. The minimum absolute atomic E-state index is 0.125. The Bertz CT molecular complexity index is 710. The fraction of sp³-hybridized carbons (Fsp3) is 0.652. The molecule has 1 saturated heterocycles. The van der Waals surface area contributed by atoms with Crippen LogP contribution in [0.25, 0.3) is 0 Å². The van der Waals surface area contributed by atoms with Gasteiger partial charge in [0.2, 0.25) is 0 Å². The number of benzene rings is 1. The number of hydrogen-bond acceptors (Lipinski definition) is 6. The third-order valence-corrected chi connectivity index (χ3v) is 4.56. The summed E-state index contributed by atoms with van der Waals surface area (Å²) >= 11 is 0. The van der Waals surface area contributed by atoms with Crippen molar-refractivity contribution in [3.05, 3.63) is 35.9 Å². The third kappa shape index (κ3) is 7.38. The van der Waals surface area contributed by atoms with Crippen molar-refractivity contribution in [2.75, 3.05) is 6.61 Å². The molecular formula is C23H35NO6. The van der Waals surface area contributed by atoms with Gasteiger partial charge in [-0.2, -0.15) is 0 Å². The molecule has 1 aromatic carbocycles. The molecule has 1 N–H and O–H groups in total. The topological polar surface area (TPSA) is 83.1 Å². The molecule has 1 aliphatic heterocycles. The van der Waals surface area contributed by atoms with Crippen LogP contribution in [0, 0.1) is 5.92 Å². The summed E-state index contributed by atoms with van der Waals surface area (Å²) in [7, 11) is 0. The van der Waals surface area contributed by atoms with Crippen LogP contribution >= 0.6 is 0 Å². The summed E-state index contributed by atoms with van der Waals surface area (Å²) in [4.78, 5) is 25.6. The number of nitrogens with one attached hydrogen (secondary N) is 1. The normalized spacial score (nSPS) is 20.6. The van der Waals surface area contributed by atoms with E-state index in [0.717, 1.165) is 5.56 Å². The first-order valence-corrected chi connectivity index (χ1v) is 10.4. The van der Waals surface area contributed by atoms with Gasteiger partial charge in [-0.3, -0.25) is 4.79 Å². The maximum Gasteiger partial charge on any atom is 0.408 e. The summed E-state index contributed by atoms with van der Waals surface area (Å²) in [6.45, 7) is 13.0. The minimum Gasteiger partial charge on any atom is -0.444 e. The molecule has 7 heteroatoms. The second kappa shape index (κ2) is 9.90. The molecule has 0 aromatic heterocycles. The molecule has 2 rings (SSSR count). The highest BCUT2D eigenvalue weighted by Crippen LogP contribution is 2.27. The smallest absolute Gasteiger partial charge is 0.408 e. The number of rotatable bonds is 8. The molecule has 1 fully saturated rings. The number of ketones is 1. The van der Waals surface area contributed by atoms with Gasteiger partial charge in [0.05, 0.1) is 19.3 Å².